The number of anilines is 2. The molecule has 3 amide bonds. The molecule has 0 bridgehead atoms. The quantitative estimate of drug-likeness (QED) is 0.0910. The number of fused-ring (bicyclic) bond motifs is 1. The third-order valence-electron chi connectivity index (χ3n) is 7.79. The molecule has 10 heteroatoms. The van der Waals surface area contributed by atoms with Gasteiger partial charge in [0.25, 0.3) is 11.8 Å². The average Bonchev–Trinajstić information content (AvgIpc) is 3.39. The van der Waals surface area contributed by atoms with Gasteiger partial charge in [0.2, 0.25) is 5.91 Å². The third-order valence-corrected chi connectivity index (χ3v) is 9.99. The van der Waals surface area contributed by atoms with Crippen molar-refractivity contribution in [2.45, 2.75) is 50.3 Å². The van der Waals surface area contributed by atoms with Crippen molar-refractivity contribution in [2.75, 3.05) is 23.5 Å². The molecule has 0 spiro atoms. The molecule has 3 N–H and O–H groups in total. The van der Waals surface area contributed by atoms with Gasteiger partial charge in [0, 0.05) is 21.0 Å². The maximum Gasteiger partial charge on any atom is 0.341 e. The first-order valence-corrected chi connectivity index (χ1v) is 17.3. The van der Waals surface area contributed by atoms with Gasteiger partial charge in [-0.3, -0.25) is 14.4 Å². The SMILES string of the molecule is COC(=O)c1c(NC(=O)CSc2cccc(NC(=O)/C(=C/c3ccccc3C)NC(=O)c3ccccc3)c2)sc2c1CCCCCC2. The van der Waals surface area contributed by atoms with Crippen LogP contribution in [0.4, 0.5) is 10.7 Å². The molecule has 0 saturated carbocycles. The first-order valence-electron chi connectivity index (χ1n) is 15.5. The number of thiophene rings is 1. The monoisotopic (exact) mass is 667 g/mol. The highest BCUT2D eigenvalue weighted by atomic mass is 32.2. The largest absolute Gasteiger partial charge is 0.465 e. The second kappa shape index (κ2) is 16.2. The smallest absolute Gasteiger partial charge is 0.341 e. The summed E-state index contributed by atoms with van der Waals surface area (Å²) in [7, 11) is 1.36. The first kappa shape index (κ1) is 33.7. The zero-order valence-corrected chi connectivity index (χ0v) is 28.0. The average molecular weight is 668 g/mol. The molecule has 1 aliphatic rings. The minimum Gasteiger partial charge on any atom is -0.465 e. The van der Waals surface area contributed by atoms with Gasteiger partial charge < -0.3 is 20.7 Å². The maximum atomic E-state index is 13.5. The summed E-state index contributed by atoms with van der Waals surface area (Å²) in [5.41, 5.74) is 4.27. The number of methoxy groups -OCH3 is 1. The third kappa shape index (κ3) is 8.99. The molecule has 5 rings (SSSR count). The van der Waals surface area contributed by atoms with E-state index < -0.39 is 17.8 Å². The molecule has 8 nitrogen and oxygen atoms in total. The van der Waals surface area contributed by atoms with Gasteiger partial charge in [-0.15, -0.1) is 23.1 Å². The number of carbonyl (C=O) groups is 4. The van der Waals surface area contributed by atoms with E-state index in [0.29, 0.717) is 21.8 Å². The van der Waals surface area contributed by atoms with Crippen molar-refractivity contribution in [3.05, 3.63) is 117 Å². The highest BCUT2D eigenvalue weighted by Gasteiger charge is 2.26. The second-order valence-electron chi connectivity index (χ2n) is 11.2. The van der Waals surface area contributed by atoms with Crippen molar-refractivity contribution in [2.24, 2.45) is 0 Å². The van der Waals surface area contributed by atoms with E-state index in [1.165, 1.54) is 30.2 Å². The number of rotatable bonds is 10. The molecule has 0 radical (unpaired) electrons. The van der Waals surface area contributed by atoms with Crippen molar-refractivity contribution in [3.63, 3.8) is 0 Å². The van der Waals surface area contributed by atoms with Crippen molar-refractivity contribution >= 4 is 63.6 Å². The highest BCUT2D eigenvalue weighted by Crippen LogP contribution is 2.37. The topological polar surface area (TPSA) is 114 Å². The van der Waals surface area contributed by atoms with E-state index in [2.05, 4.69) is 16.0 Å². The number of benzene rings is 3. The van der Waals surface area contributed by atoms with Crippen molar-refractivity contribution in [3.8, 4) is 0 Å². The Morgan fingerprint density at radius 1 is 0.872 bits per heavy atom. The number of hydrogen-bond donors (Lipinski definition) is 3. The summed E-state index contributed by atoms with van der Waals surface area (Å²) in [5, 5.41) is 9.15. The molecule has 0 unspecified atom stereocenters. The van der Waals surface area contributed by atoms with Crippen LogP contribution in [0.3, 0.4) is 0 Å². The van der Waals surface area contributed by atoms with Crippen molar-refractivity contribution < 1.29 is 23.9 Å². The molecule has 1 aliphatic carbocycles. The van der Waals surface area contributed by atoms with E-state index in [1.54, 1.807) is 48.5 Å². The molecule has 0 aliphatic heterocycles. The van der Waals surface area contributed by atoms with E-state index in [0.717, 1.165) is 65.0 Å². The van der Waals surface area contributed by atoms with Crippen LogP contribution in [-0.4, -0.2) is 36.6 Å². The summed E-state index contributed by atoms with van der Waals surface area (Å²) in [4.78, 5) is 54.2. The van der Waals surface area contributed by atoms with Gasteiger partial charge in [0.05, 0.1) is 18.4 Å². The number of nitrogens with one attached hydrogen (secondary N) is 3. The summed E-state index contributed by atoms with van der Waals surface area (Å²) in [6.45, 7) is 1.93. The lowest BCUT2D eigenvalue weighted by atomic mass is 9.96. The lowest BCUT2D eigenvalue weighted by molar-refractivity contribution is -0.114. The van der Waals surface area contributed by atoms with Crippen LogP contribution in [0.25, 0.3) is 6.08 Å². The van der Waals surface area contributed by atoms with E-state index >= 15 is 0 Å². The number of ether oxygens (including phenoxy) is 1. The predicted molar refractivity (Wildman–Crippen MR) is 189 cm³/mol. The Morgan fingerprint density at radius 2 is 1.62 bits per heavy atom. The second-order valence-corrected chi connectivity index (χ2v) is 13.3. The normalized spacial score (nSPS) is 13.0. The highest BCUT2D eigenvalue weighted by molar-refractivity contribution is 8.00. The fraction of sp³-hybridized carbons (Fsp3) is 0.243. The van der Waals surface area contributed by atoms with Crippen LogP contribution in [0.15, 0.2) is 89.5 Å². The van der Waals surface area contributed by atoms with Gasteiger partial charge >= 0.3 is 5.97 Å². The Hall–Kier alpha value is -4.67. The van der Waals surface area contributed by atoms with Crippen LogP contribution in [0.2, 0.25) is 0 Å². The number of carbonyl (C=O) groups excluding carboxylic acids is 4. The fourth-order valence-corrected chi connectivity index (χ4v) is 7.39. The molecule has 1 heterocycles. The van der Waals surface area contributed by atoms with E-state index in [4.69, 9.17) is 4.74 Å². The summed E-state index contributed by atoms with van der Waals surface area (Å²) in [6.07, 6.45) is 7.71. The summed E-state index contributed by atoms with van der Waals surface area (Å²) in [5.74, 6) is -1.45. The molecule has 47 heavy (non-hydrogen) atoms. The van der Waals surface area contributed by atoms with Crippen LogP contribution >= 0.6 is 23.1 Å². The molecule has 4 aromatic rings. The summed E-state index contributed by atoms with van der Waals surface area (Å²) >= 11 is 2.78. The van der Waals surface area contributed by atoms with Gasteiger partial charge in [-0.05, 0) is 85.7 Å². The van der Waals surface area contributed by atoms with Crippen molar-refractivity contribution in [1.82, 2.24) is 5.32 Å². The van der Waals surface area contributed by atoms with Gasteiger partial charge in [0.15, 0.2) is 0 Å². The Balaban J connectivity index is 1.27. The molecule has 0 saturated heterocycles. The van der Waals surface area contributed by atoms with Crippen LogP contribution in [0.5, 0.6) is 0 Å². The molecular formula is C37H37N3O5S2. The number of esters is 1. The van der Waals surface area contributed by atoms with Gasteiger partial charge in [-0.2, -0.15) is 0 Å². The Bertz CT molecular complexity index is 1800. The zero-order chi connectivity index (χ0) is 33.2. The number of aryl methyl sites for hydroxylation is 2. The zero-order valence-electron chi connectivity index (χ0n) is 26.4. The van der Waals surface area contributed by atoms with E-state index in [9.17, 15) is 19.2 Å². The van der Waals surface area contributed by atoms with Crippen LogP contribution < -0.4 is 16.0 Å². The number of thioether (sulfide) groups is 1. The van der Waals surface area contributed by atoms with Crippen LogP contribution in [-0.2, 0) is 27.2 Å². The molecule has 1 aromatic heterocycles. The van der Waals surface area contributed by atoms with E-state index in [-0.39, 0.29) is 17.4 Å². The standard InChI is InChI=1S/C37H37N3O5S2/c1-24-13-10-11-16-26(24)21-30(39-34(42)25-14-6-5-7-15-25)35(43)38-27-17-12-18-28(22-27)46-23-32(41)40-36-33(37(44)45-2)29-19-8-3-4-9-20-31(29)47-36/h5-7,10-18,21-22H,3-4,8-9,19-20,23H2,1-2H3,(H,38,43)(H,39,42)(H,40,41)/b30-21-. The van der Waals surface area contributed by atoms with Crippen LogP contribution in [0, 0.1) is 6.92 Å². The molecule has 3 aromatic carbocycles. The molecule has 242 valence electrons. The Kier molecular flexibility index (Phi) is 11.6. The minimum absolute atomic E-state index is 0.0945. The Labute approximate surface area is 283 Å². The minimum atomic E-state index is -0.485. The van der Waals surface area contributed by atoms with Crippen LogP contribution in [0.1, 0.15) is 68.0 Å². The lowest BCUT2D eigenvalue weighted by Gasteiger charge is -2.13. The van der Waals surface area contributed by atoms with Crippen molar-refractivity contribution in [1.29, 1.82) is 0 Å². The summed E-state index contributed by atoms with van der Waals surface area (Å²) < 4.78 is 5.08. The molecule has 0 atom stereocenters. The van der Waals surface area contributed by atoms with Gasteiger partial charge in [0.1, 0.15) is 10.7 Å². The fourth-order valence-electron chi connectivity index (χ4n) is 5.35. The predicted octanol–water partition coefficient (Wildman–Crippen LogP) is 7.64. The molecule has 0 fully saturated rings. The maximum absolute atomic E-state index is 13.5. The number of hydrogen-bond acceptors (Lipinski definition) is 7. The first-order chi connectivity index (χ1) is 22.8. The van der Waals surface area contributed by atoms with Gasteiger partial charge in [-0.1, -0.05) is 61.4 Å². The number of amides is 3. The lowest BCUT2D eigenvalue weighted by Crippen LogP contribution is -2.30. The van der Waals surface area contributed by atoms with E-state index in [1.807, 2.05) is 43.3 Å². The van der Waals surface area contributed by atoms with Gasteiger partial charge in [-0.25, -0.2) is 4.79 Å². The summed E-state index contributed by atoms with van der Waals surface area (Å²) in [6, 6.07) is 23.5. The Morgan fingerprint density at radius 3 is 2.38 bits per heavy atom. The molecular weight excluding hydrogens is 631 g/mol.